The van der Waals surface area contributed by atoms with Gasteiger partial charge < -0.3 is 5.32 Å². The Morgan fingerprint density at radius 3 is 2.44 bits per heavy atom. The van der Waals surface area contributed by atoms with Gasteiger partial charge in [-0.15, -0.1) is 0 Å². The van der Waals surface area contributed by atoms with Crippen molar-refractivity contribution in [3.05, 3.63) is 78.0 Å². The van der Waals surface area contributed by atoms with E-state index in [1.807, 2.05) is 54.6 Å². The Hall–Kier alpha value is -3.25. The van der Waals surface area contributed by atoms with Crippen LogP contribution in [0.15, 0.2) is 66.7 Å². The highest BCUT2D eigenvalue weighted by molar-refractivity contribution is 5.97. The summed E-state index contributed by atoms with van der Waals surface area (Å²) in [6.45, 7) is 0. The highest BCUT2D eigenvalue weighted by Crippen LogP contribution is 2.12. The third kappa shape index (κ3) is 3.99. The van der Waals surface area contributed by atoms with E-state index in [-0.39, 0.29) is 12.1 Å². The first-order valence-corrected chi connectivity index (χ1v) is 7.82. The normalized spacial score (nSPS) is 11.7. The average Bonchev–Trinajstić information content (AvgIpc) is 2.67. The van der Waals surface area contributed by atoms with Crippen LogP contribution < -0.4 is 10.8 Å². The summed E-state index contributed by atoms with van der Waals surface area (Å²) in [6.07, 6.45) is 0.257. The number of para-hydroxylation sites is 1. The Morgan fingerprint density at radius 1 is 0.960 bits per heavy atom. The van der Waals surface area contributed by atoms with Gasteiger partial charge in [0.25, 0.3) is 11.8 Å². The van der Waals surface area contributed by atoms with Gasteiger partial charge in [0, 0.05) is 11.8 Å². The standard InChI is InChI=1S/C19H17N3O3/c23-18(16-11-10-14-8-4-5-9-15(14)20-16)21-17(19(24)22-25)12-13-6-2-1-3-7-13/h1-11,17,25H,12H2,(H,21,23)(H,22,24)/t17-/m0/s1. The number of carbonyl (C=O) groups is 2. The van der Waals surface area contributed by atoms with E-state index in [9.17, 15) is 9.59 Å². The Morgan fingerprint density at radius 2 is 1.68 bits per heavy atom. The maximum Gasteiger partial charge on any atom is 0.270 e. The predicted octanol–water partition coefficient (Wildman–Crippen LogP) is 2.08. The van der Waals surface area contributed by atoms with Gasteiger partial charge in [-0.3, -0.25) is 14.8 Å². The number of nitrogens with one attached hydrogen (secondary N) is 2. The van der Waals surface area contributed by atoms with E-state index in [0.717, 1.165) is 10.9 Å². The quantitative estimate of drug-likeness (QED) is 0.492. The van der Waals surface area contributed by atoms with Crippen LogP contribution in [-0.4, -0.2) is 28.0 Å². The maximum atomic E-state index is 12.5. The zero-order valence-corrected chi connectivity index (χ0v) is 13.3. The fraction of sp³-hybridized carbons (Fsp3) is 0.105. The summed E-state index contributed by atoms with van der Waals surface area (Å²) < 4.78 is 0. The first-order valence-electron chi connectivity index (χ1n) is 7.82. The number of hydrogen-bond donors (Lipinski definition) is 3. The summed E-state index contributed by atoms with van der Waals surface area (Å²) in [5.41, 5.74) is 3.37. The molecule has 3 N–H and O–H groups in total. The number of nitrogens with zero attached hydrogens (tertiary/aromatic N) is 1. The van der Waals surface area contributed by atoms with Crippen molar-refractivity contribution in [2.45, 2.75) is 12.5 Å². The number of aromatic nitrogens is 1. The number of amides is 2. The van der Waals surface area contributed by atoms with E-state index in [0.29, 0.717) is 5.52 Å². The summed E-state index contributed by atoms with van der Waals surface area (Å²) >= 11 is 0. The minimum absolute atomic E-state index is 0.211. The lowest BCUT2D eigenvalue weighted by atomic mass is 10.1. The van der Waals surface area contributed by atoms with Crippen LogP contribution in [0.1, 0.15) is 16.1 Å². The van der Waals surface area contributed by atoms with Gasteiger partial charge in [-0.2, -0.15) is 0 Å². The van der Waals surface area contributed by atoms with Crippen molar-refractivity contribution < 1.29 is 14.8 Å². The average molecular weight is 335 g/mol. The maximum absolute atomic E-state index is 12.5. The van der Waals surface area contributed by atoms with Gasteiger partial charge in [0.15, 0.2) is 0 Å². The molecule has 6 heteroatoms. The molecule has 2 amide bonds. The van der Waals surface area contributed by atoms with Gasteiger partial charge in [-0.1, -0.05) is 54.6 Å². The largest absolute Gasteiger partial charge is 0.338 e. The van der Waals surface area contributed by atoms with E-state index in [2.05, 4.69) is 10.3 Å². The van der Waals surface area contributed by atoms with Crippen molar-refractivity contribution in [3.8, 4) is 0 Å². The molecule has 0 aliphatic carbocycles. The molecule has 0 radical (unpaired) electrons. The smallest absolute Gasteiger partial charge is 0.270 e. The molecule has 0 aliphatic heterocycles. The highest BCUT2D eigenvalue weighted by atomic mass is 16.5. The highest BCUT2D eigenvalue weighted by Gasteiger charge is 2.22. The molecule has 6 nitrogen and oxygen atoms in total. The molecule has 0 fully saturated rings. The van der Waals surface area contributed by atoms with E-state index in [1.165, 1.54) is 0 Å². The summed E-state index contributed by atoms with van der Waals surface area (Å²) in [4.78, 5) is 28.7. The molecule has 2 aromatic carbocycles. The van der Waals surface area contributed by atoms with Gasteiger partial charge in [0.2, 0.25) is 0 Å². The van der Waals surface area contributed by atoms with Crippen molar-refractivity contribution in [3.63, 3.8) is 0 Å². The third-order valence-electron chi connectivity index (χ3n) is 3.85. The van der Waals surface area contributed by atoms with Crippen molar-refractivity contribution >= 4 is 22.7 Å². The molecular formula is C19H17N3O3. The second-order valence-corrected chi connectivity index (χ2v) is 5.58. The first kappa shape index (κ1) is 16.6. The molecule has 0 aliphatic rings. The number of benzene rings is 2. The second kappa shape index (κ2) is 7.55. The molecule has 0 saturated heterocycles. The molecule has 0 saturated carbocycles. The number of carbonyl (C=O) groups excluding carboxylic acids is 2. The number of rotatable bonds is 5. The Balaban J connectivity index is 1.79. The lowest BCUT2D eigenvalue weighted by molar-refractivity contribution is -0.131. The fourth-order valence-corrected chi connectivity index (χ4v) is 2.56. The van der Waals surface area contributed by atoms with Crippen molar-refractivity contribution in [2.24, 2.45) is 0 Å². The van der Waals surface area contributed by atoms with Gasteiger partial charge in [-0.25, -0.2) is 10.5 Å². The van der Waals surface area contributed by atoms with Crippen LogP contribution in [0, 0.1) is 0 Å². The molecule has 3 rings (SSSR count). The fourth-order valence-electron chi connectivity index (χ4n) is 2.56. The van der Waals surface area contributed by atoms with Crippen LogP contribution in [-0.2, 0) is 11.2 Å². The molecule has 1 atom stereocenters. The van der Waals surface area contributed by atoms with Crippen LogP contribution >= 0.6 is 0 Å². The predicted molar refractivity (Wildman–Crippen MR) is 93.1 cm³/mol. The van der Waals surface area contributed by atoms with Crippen molar-refractivity contribution in [1.29, 1.82) is 0 Å². The topological polar surface area (TPSA) is 91.3 Å². The van der Waals surface area contributed by atoms with E-state index in [4.69, 9.17) is 5.21 Å². The van der Waals surface area contributed by atoms with Gasteiger partial charge in [0.1, 0.15) is 11.7 Å². The summed E-state index contributed by atoms with van der Waals surface area (Å²) in [7, 11) is 0. The van der Waals surface area contributed by atoms with Crippen LogP contribution in [0.2, 0.25) is 0 Å². The Kier molecular flexibility index (Phi) is 5.01. The molecule has 126 valence electrons. The van der Waals surface area contributed by atoms with E-state index in [1.54, 1.807) is 17.6 Å². The molecule has 1 heterocycles. The zero-order chi connectivity index (χ0) is 17.6. The Labute approximate surface area is 144 Å². The summed E-state index contributed by atoms with van der Waals surface area (Å²) in [6, 6.07) is 19.2. The van der Waals surface area contributed by atoms with E-state index >= 15 is 0 Å². The lowest BCUT2D eigenvalue weighted by Gasteiger charge is -2.16. The first-order chi connectivity index (χ1) is 12.2. The monoisotopic (exact) mass is 335 g/mol. The number of fused-ring (bicyclic) bond motifs is 1. The minimum Gasteiger partial charge on any atom is -0.338 e. The van der Waals surface area contributed by atoms with Crippen LogP contribution in [0.4, 0.5) is 0 Å². The van der Waals surface area contributed by atoms with Gasteiger partial charge in [0.05, 0.1) is 5.52 Å². The molecule has 25 heavy (non-hydrogen) atoms. The van der Waals surface area contributed by atoms with Crippen LogP contribution in [0.5, 0.6) is 0 Å². The lowest BCUT2D eigenvalue weighted by Crippen LogP contribution is -2.47. The summed E-state index contributed by atoms with van der Waals surface area (Å²) in [5, 5.41) is 12.5. The summed E-state index contributed by atoms with van der Waals surface area (Å²) in [5.74, 6) is -1.16. The Bertz CT molecular complexity index is 897. The zero-order valence-electron chi connectivity index (χ0n) is 13.3. The minimum atomic E-state index is -0.909. The second-order valence-electron chi connectivity index (χ2n) is 5.58. The molecule has 0 unspecified atom stereocenters. The van der Waals surface area contributed by atoms with E-state index < -0.39 is 17.9 Å². The molecular weight excluding hydrogens is 318 g/mol. The van der Waals surface area contributed by atoms with Crippen molar-refractivity contribution in [2.75, 3.05) is 0 Å². The molecule has 0 spiro atoms. The molecule has 3 aromatic rings. The molecule has 1 aromatic heterocycles. The van der Waals surface area contributed by atoms with Gasteiger partial charge >= 0.3 is 0 Å². The third-order valence-corrected chi connectivity index (χ3v) is 3.85. The van der Waals surface area contributed by atoms with Crippen LogP contribution in [0.3, 0.4) is 0 Å². The van der Waals surface area contributed by atoms with Crippen molar-refractivity contribution in [1.82, 2.24) is 15.8 Å². The van der Waals surface area contributed by atoms with Gasteiger partial charge in [-0.05, 0) is 17.7 Å². The molecule has 0 bridgehead atoms. The SMILES string of the molecule is O=C(N[C@@H](Cc1ccccc1)C(=O)NO)c1ccc2ccccc2n1. The number of pyridine rings is 1. The number of hydrogen-bond acceptors (Lipinski definition) is 4. The number of hydroxylamine groups is 1. The van der Waals surface area contributed by atoms with Crippen LogP contribution in [0.25, 0.3) is 10.9 Å².